The maximum atomic E-state index is 12.1. The van der Waals surface area contributed by atoms with Gasteiger partial charge in [0.05, 0.1) is 22.5 Å². The quantitative estimate of drug-likeness (QED) is 0.779. The number of nitrogens with one attached hydrogen (secondary N) is 1. The van der Waals surface area contributed by atoms with Crippen molar-refractivity contribution in [3.8, 4) is 0 Å². The van der Waals surface area contributed by atoms with Gasteiger partial charge < -0.3 is 15.0 Å². The minimum Gasteiger partial charge on any atom is -0.478 e. The molecule has 5 nitrogen and oxygen atoms in total. The van der Waals surface area contributed by atoms with Gasteiger partial charge >= 0.3 is 5.97 Å². The zero-order valence-electron chi connectivity index (χ0n) is 11.9. The summed E-state index contributed by atoms with van der Waals surface area (Å²) in [5, 5.41) is 13.2. The molecule has 0 aliphatic rings. The molecule has 0 unspecified atom stereocenters. The van der Waals surface area contributed by atoms with E-state index in [1.807, 2.05) is 24.3 Å². The second kappa shape index (κ2) is 5.37. The van der Waals surface area contributed by atoms with E-state index >= 15 is 0 Å². The summed E-state index contributed by atoms with van der Waals surface area (Å²) in [5.74, 6) is -1.02. The summed E-state index contributed by atoms with van der Waals surface area (Å²) in [4.78, 5) is 23.4. The van der Waals surface area contributed by atoms with Crippen LogP contribution in [0.3, 0.4) is 0 Å². The number of pyridine rings is 1. The minimum absolute atomic E-state index is 0.158. The number of hydrogen-bond acceptors (Lipinski definition) is 3. The van der Waals surface area contributed by atoms with E-state index in [4.69, 9.17) is 0 Å². The molecule has 0 amide bonds. The van der Waals surface area contributed by atoms with Crippen molar-refractivity contribution in [2.24, 2.45) is 7.05 Å². The number of aryl methyl sites for hydroxylation is 1. The lowest BCUT2D eigenvalue weighted by Crippen LogP contribution is -2.17. The van der Waals surface area contributed by atoms with E-state index in [1.54, 1.807) is 29.8 Å². The fourth-order valence-electron chi connectivity index (χ4n) is 2.44. The first-order valence-electron chi connectivity index (χ1n) is 6.76. The molecule has 0 aliphatic heterocycles. The number of hydrogen-bond donors (Lipinski definition) is 2. The lowest BCUT2D eigenvalue weighted by Gasteiger charge is -2.13. The molecule has 5 heteroatoms. The van der Waals surface area contributed by atoms with Gasteiger partial charge in [-0.15, -0.1) is 0 Å². The van der Waals surface area contributed by atoms with Crippen molar-refractivity contribution in [3.63, 3.8) is 0 Å². The van der Waals surface area contributed by atoms with Crippen LogP contribution in [0.2, 0.25) is 0 Å². The molecule has 0 bridgehead atoms. The number of aromatic nitrogens is 1. The van der Waals surface area contributed by atoms with Crippen molar-refractivity contribution < 1.29 is 9.90 Å². The highest BCUT2D eigenvalue weighted by molar-refractivity contribution is 5.98. The summed E-state index contributed by atoms with van der Waals surface area (Å²) in [6.07, 6.45) is 0. The summed E-state index contributed by atoms with van der Waals surface area (Å²) >= 11 is 0. The van der Waals surface area contributed by atoms with Gasteiger partial charge in [0.25, 0.3) is 5.56 Å². The number of carboxylic acids is 1. The molecule has 0 atom stereocenters. The molecular formula is C17H14N2O3. The first-order valence-corrected chi connectivity index (χ1v) is 6.76. The Morgan fingerprint density at radius 3 is 2.50 bits per heavy atom. The molecule has 0 fully saturated rings. The van der Waals surface area contributed by atoms with Gasteiger partial charge in [-0.05, 0) is 18.2 Å². The molecule has 2 aromatic carbocycles. The van der Waals surface area contributed by atoms with Crippen LogP contribution in [-0.4, -0.2) is 15.6 Å². The zero-order valence-corrected chi connectivity index (χ0v) is 11.9. The fourth-order valence-corrected chi connectivity index (χ4v) is 2.44. The van der Waals surface area contributed by atoms with Crippen molar-refractivity contribution in [3.05, 3.63) is 70.5 Å². The van der Waals surface area contributed by atoms with Gasteiger partial charge in [-0.2, -0.15) is 0 Å². The number of rotatable bonds is 3. The number of carboxylic acid groups (broad SMARTS) is 1. The minimum atomic E-state index is -1.02. The van der Waals surface area contributed by atoms with Gasteiger partial charge in [0.1, 0.15) is 0 Å². The van der Waals surface area contributed by atoms with Crippen LogP contribution in [0.15, 0.2) is 59.4 Å². The Balaban J connectivity index is 2.19. The first kappa shape index (κ1) is 13.9. The first-order chi connectivity index (χ1) is 10.6. The van der Waals surface area contributed by atoms with Gasteiger partial charge in [0, 0.05) is 18.5 Å². The van der Waals surface area contributed by atoms with Crippen LogP contribution in [-0.2, 0) is 7.05 Å². The van der Waals surface area contributed by atoms with Crippen molar-refractivity contribution >= 4 is 28.2 Å². The van der Waals surface area contributed by atoms with Crippen molar-refractivity contribution in [1.29, 1.82) is 0 Å². The lowest BCUT2D eigenvalue weighted by molar-refractivity contribution is 0.0698. The van der Waals surface area contributed by atoms with E-state index in [0.29, 0.717) is 11.4 Å². The van der Waals surface area contributed by atoms with E-state index in [0.717, 1.165) is 10.9 Å². The standard InChI is InChI=1S/C17H14N2O3/c1-19-15-9-5-3-6-11(15)14(10-16(19)20)18-13-8-4-2-7-12(13)17(21)22/h2-10,18H,1H3,(H,21,22). The van der Waals surface area contributed by atoms with Crippen LogP contribution < -0.4 is 10.9 Å². The molecular weight excluding hydrogens is 280 g/mol. The molecule has 0 spiro atoms. The van der Waals surface area contributed by atoms with Gasteiger partial charge in [-0.3, -0.25) is 4.79 Å². The van der Waals surface area contributed by atoms with Crippen LogP contribution in [0.4, 0.5) is 11.4 Å². The Bertz CT molecular complexity index is 929. The van der Waals surface area contributed by atoms with Crippen molar-refractivity contribution in [2.75, 3.05) is 5.32 Å². The molecule has 3 aromatic rings. The largest absolute Gasteiger partial charge is 0.478 e. The Kier molecular flexibility index (Phi) is 3.39. The summed E-state index contributed by atoms with van der Waals surface area (Å²) in [6, 6.07) is 15.6. The molecule has 0 saturated carbocycles. The zero-order chi connectivity index (χ0) is 15.7. The fraction of sp³-hybridized carbons (Fsp3) is 0.0588. The summed E-state index contributed by atoms with van der Waals surface area (Å²) in [5.41, 5.74) is 1.83. The van der Waals surface area contributed by atoms with Gasteiger partial charge in [0.15, 0.2) is 0 Å². The van der Waals surface area contributed by atoms with E-state index < -0.39 is 5.97 Å². The number of benzene rings is 2. The SMILES string of the molecule is Cn1c(=O)cc(Nc2ccccc2C(=O)O)c2ccccc21. The third-order valence-electron chi connectivity index (χ3n) is 3.58. The number of para-hydroxylation sites is 2. The van der Waals surface area contributed by atoms with Crippen LogP contribution >= 0.6 is 0 Å². The molecule has 1 aromatic heterocycles. The van der Waals surface area contributed by atoms with Crippen LogP contribution in [0.25, 0.3) is 10.9 Å². The summed E-state index contributed by atoms with van der Waals surface area (Å²) in [7, 11) is 1.71. The maximum absolute atomic E-state index is 12.1. The van der Waals surface area contributed by atoms with Crippen molar-refractivity contribution in [1.82, 2.24) is 4.57 Å². The predicted molar refractivity (Wildman–Crippen MR) is 85.9 cm³/mol. The smallest absolute Gasteiger partial charge is 0.337 e. The average molecular weight is 294 g/mol. The number of aromatic carboxylic acids is 1. The van der Waals surface area contributed by atoms with Crippen LogP contribution in [0, 0.1) is 0 Å². The molecule has 1 heterocycles. The van der Waals surface area contributed by atoms with E-state index in [1.165, 1.54) is 12.1 Å². The summed E-state index contributed by atoms with van der Waals surface area (Å²) < 4.78 is 1.56. The van der Waals surface area contributed by atoms with Gasteiger partial charge in [0.2, 0.25) is 0 Å². The molecule has 3 rings (SSSR count). The Morgan fingerprint density at radius 2 is 1.73 bits per heavy atom. The van der Waals surface area contributed by atoms with Crippen molar-refractivity contribution in [2.45, 2.75) is 0 Å². The second-order valence-corrected chi connectivity index (χ2v) is 4.95. The van der Waals surface area contributed by atoms with E-state index in [9.17, 15) is 14.7 Å². The highest BCUT2D eigenvalue weighted by Gasteiger charge is 2.11. The number of fused-ring (bicyclic) bond motifs is 1. The molecule has 2 N–H and O–H groups in total. The highest BCUT2D eigenvalue weighted by Crippen LogP contribution is 2.26. The van der Waals surface area contributed by atoms with Gasteiger partial charge in [-0.1, -0.05) is 30.3 Å². The molecule has 110 valence electrons. The normalized spacial score (nSPS) is 10.6. The topological polar surface area (TPSA) is 71.3 Å². The third kappa shape index (κ3) is 2.33. The maximum Gasteiger partial charge on any atom is 0.337 e. The third-order valence-corrected chi connectivity index (χ3v) is 3.58. The number of anilines is 2. The predicted octanol–water partition coefficient (Wildman–Crippen LogP) is 2.98. The van der Waals surface area contributed by atoms with Gasteiger partial charge in [-0.25, -0.2) is 4.79 Å². The number of nitrogens with zero attached hydrogens (tertiary/aromatic N) is 1. The second-order valence-electron chi connectivity index (χ2n) is 4.95. The van der Waals surface area contributed by atoms with E-state index in [-0.39, 0.29) is 11.1 Å². The molecule has 22 heavy (non-hydrogen) atoms. The average Bonchev–Trinajstić information content (AvgIpc) is 2.53. The highest BCUT2D eigenvalue weighted by atomic mass is 16.4. The van der Waals surface area contributed by atoms with E-state index in [2.05, 4.69) is 5.32 Å². The molecule has 0 radical (unpaired) electrons. The molecule has 0 saturated heterocycles. The monoisotopic (exact) mass is 294 g/mol. The summed E-state index contributed by atoms with van der Waals surface area (Å²) in [6.45, 7) is 0. The Labute approximate surface area is 126 Å². The Hall–Kier alpha value is -3.08. The van der Waals surface area contributed by atoms with Crippen LogP contribution in [0.5, 0.6) is 0 Å². The van der Waals surface area contributed by atoms with Crippen LogP contribution in [0.1, 0.15) is 10.4 Å². The lowest BCUT2D eigenvalue weighted by atomic mass is 10.1. The molecule has 0 aliphatic carbocycles. The number of carbonyl (C=O) groups is 1. The Morgan fingerprint density at radius 1 is 1.05 bits per heavy atom.